The van der Waals surface area contributed by atoms with E-state index in [1.807, 2.05) is 0 Å². The monoisotopic (exact) mass is 253 g/mol. The molecule has 2 aromatic rings. The molecule has 0 amide bonds. The third-order valence-electron chi connectivity index (χ3n) is 3.69. The number of rotatable bonds is 4. The van der Waals surface area contributed by atoms with Gasteiger partial charge in [0, 0.05) is 36.5 Å². The van der Waals surface area contributed by atoms with Gasteiger partial charge in [-0.3, -0.25) is 0 Å². The van der Waals surface area contributed by atoms with Gasteiger partial charge in [-0.15, -0.1) is 0 Å². The molecule has 3 rings (SSSR count). The van der Waals surface area contributed by atoms with E-state index in [4.69, 9.17) is 0 Å². The summed E-state index contributed by atoms with van der Waals surface area (Å²) in [6.45, 7) is 1.96. The van der Waals surface area contributed by atoms with Crippen LogP contribution in [0.2, 0.25) is 0 Å². The fourth-order valence-electron chi connectivity index (χ4n) is 2.65. The lowest BCUT2D eigenvalue weighted by Gasteiger charge is -2.18. The highest BCUT2D eigenvalue weighted by molar-refractivity contribution is 5.27. The lowest BCUT2D eigenvalue weighted by atomic mass is 10.0. The van der Waals surface area contributed by atoms with E-state index in [2.05, 4.69) is 45.6 Å². The van der Waals surface area contributed by atoms with Gasteiger partial charge in [0.05, 0.1) is 0 Å². The summed E-state index contributed by atoms with van der Waals surface area (Å²) < 4.78 is 0. The number of aromatic nitrogens is 2. The fraction of sp³-hybridized carbons (Fsp3) is 0.375. The summed E-state index contributed by atoms with van der Waals surface area (Å²) in [4.78, 5) is 8.87. The number of aryl methyl sites for hydroxylation is 2. The average molecular weight is 253 g/mol. The minimum Gasteiger partial charge on any atom is -0.312 e. The number of hydrogen-bond acceptors (Lipinski definition) is 3. The highest BCUT2D eigenvalue weighted by Crippen LogP contribution is 2.16. The highest BCUT2D eigenvalue weighted by atomic mass is 14.9. The van der Waals surface area contributed by atoms with Crippen molar-refractivity contribution in [2.75, 3.05) is 6.54 Å². The molecule has 0 aliphatic carbocycles. The van der Waals surface area contributed by atoms with Crippen LogP contribution in [0.3, 0.4) is 0 Å². The molecule has 3 nitrogen and oxygen atoms in total. The van der Waals surface area contributed by atoms with E-state index in [1.165, 1.54) is 22.5 Å². The molecule has 1 N–H and O–H groups in total. The molecule has 0 atom stereocenters. The molecule has 1 aromatic heterocycles. The van der Waals surface area contributed by atoms with Crippen LogP contribution in [-0.4, -0.2) is 16.5 Å². The highest BCUT2D eigenvalue weighted by Gasteiger charge is 2.14. The smallest absolute Gasteiger partial charge is 0.115 e. The summed E-state index contributed by atoms with van der Waals surface area (Å²) in [5.74, 6) is 0. The van der Waals surface area contributed by atoms with E-state index in [-0.39, 0.29) is 0 Å². The van der Waals surface area contributed by atoms with Crippen LogP contribution < -0.4 is 5.32 Å². The molecule has 1 aromatic carbocycles. The molecule has 3 heteroatoms. The lowest BCUT2D eigenvalue weighted by molar-refractivity contribution is 0.612. The maximum Gasteiger partial charge on any atom is 0.115 e. The Balaban J connectivity index is 1.64. The van der Waals surface area contributed by atoms with Crippen molar-refractivity contribution >= 4 is 0 Å². The molecule has 0 unspecified atom stereocenters. The number of nitrogens with zero attached hydrogens (tertiary/aromatic N) is 2. The summed E-state index contributed by atoms with van der Waals surface area (Å²) in [6.07, 6.45) is 6.06. The Morgan fingerprint density at radius 2 is 1.95 bits per heavy atom. The molecule has 0 bridgehead atoms. The van der Waals surface area contributed by atoms with Crippen molar-refractivity contribution in [3.63, 3.8) is 0 Å². The number of hydrogen-bond donors (Lipinski definition) is 1. The van der Waals surface area contributed by atoms with Crippen molar-refractivity contribution in [1.29, 1.82) is 0 Å². The van der Waals surface area contributed by atoms with Gasteiger partial charge in [0.25, 0.3) is 0 Å². The zero-order valence-corrected chi connectivity index (χ0v) is 11.1. The Labute approximate surface area is 114 Å². The second kappa shape index (κ2) is 5.93. The number of nitrogens with one attached hydrogen (secondary N) is 1. The molecule has 98 valence electrons. The van der Waals surface area contributed by atoms with E-state index in [1.54, 1.807) is 6.33 Å². The zero-order chi connectivity index (χ0) is 12.9. The average Bonchev–Trinajstić information content (AvgIpc) is 2.49. The van der Waals surface area contributed by atoms with E-state index < -0.39 is 0 Å². The maximum absolute atomic E-state index is 4.47. The number of fused-ring (bicyclic) bond motifs is 1. The summed E-state index contributed by atoms with van der Waals surface area (Å²) >= 11 is 0. The lowest BCUT2D eigenvalue weighted by Crippen LogP contribution is -2.26. The van der Waals surface area contributed by atoms with Crippen molar-refractivity contribution in [1.82, 2.24) is 15.3 Å². The molecule has 1 aliphatic rings. The maximum atomic E-state index is 4.47. The second-order valence-electron chi connectivity index (χ2n) is 5.01. The van der Waals surface area contributed by atoms with Gasteiger partial charge in [-0.1, -0.05) is 30.3 Å². The van der Waals surface area contributed by atoms with Crippen molar-refractivity contribution in [3.05, 3.63) is 59.2 Å². The van der Waals surface area contributed by atoms with E-state index >= 15 is 0 Å². The molecule has 0 radical (unpaired) electrons. The van der Waals surface area contributed by atoms with Crippen LogP contribution >= 0.6 is 0 Å². The summed E-state index contributed by atoms with van der Waals surface area (Å²) in [5.41, 5.74) is 5.21. The topological polar surface area (TPSA) is 37.8 Å². The Bertz CT molecular complexity index is 537. The minimum atomic E-state index is 0.927. The van der Waals surface area contributed by atoms with Crippen LogP contribution in [0.5, 0.6) is 0 Å². The van der Waals surface area contributed by atoms with Crippen LogP contribution in [0.1, 0.15) is 28.9 Å². The van der Waals surface area contributed by atoms with Crippen LogP contribution in [0.4, 0.5) is 0 Å². The molecule has 19 heavy (non-hydrogen) atoms. The molecular weight excluding hydrogens is 234 g/mol. The van der Waals surface area contributed by atoms with Gasteiger partial charge >= 0.3 is 0 Å². The summed E-state index contributed by atoms with van der Waals surface area (Å²) in [7, 11) is 0. The SMILES string of the molecule is c1ccc(CCCc2ncnc3c2CNCC3)cc1. The van der Waals surface area contributed by atoms with Gasteiger partial charge in [0.1, 0.15) is 6.33 Å². The predicted octanol–water partition coefficient (Wildman–Crippen LogP) is 2.30. The first kappa shape index (κ1) is 12.3. The molecule has 0 spiro atoms. The second-order valence-corrected chi connectivity index (χ2v) is 5.01. The Hall–Kier alpha value is -1.74. The van der Waals surface area contributed by atoms with E-state index in [0.29, 0.717) is 0 Å². The minimum absolute atomic E-state index is 0.927. The van der Waals surface area contributed by atoms with Gasteiger partial charge in [0.15, 0.2) is 0 Å². The number of benzene rings is 1. The van der Waals surface area contributed by atoms with Crippen LogP contribution in [0.25, 0.3) is 0 Å². The summed E-state index contributed by atoms with van der Waals surface area (Å²) in [6, 6.07) is 10.7. The van der Waals surface area contributed by atoms with E-state index in [9.17, 15) is 0 Å². The van der Waals surface area contributed by atoms with Gasteiger partial charge in [0.2, 0.25) is 0 Å². The first-order chi connectivity index (χ1) is 9.43. The molecule has 1 aliphatic heterocycles. The van der Waals surface area contributed by atoms with Crippen LogP contribution in [-0.2, 0) is 25.8 Å². The van der Waals surface area contributed by atoms with Crippen LogP contribution in [0, 0.1) is 0 Å². The van der Waals surface area contributed by atoms with Crippen molar-refractivity contribution in [2.24, 2.45) is 0 Å². The van der Waals surface area contributed by atoms with Crippen molar-refractivity contribution in [2.45, 2.75) is 32.2 Å². The molecule has 2 heterocycles. The Morgan fingerprint density at radius 3 is 2.84 bits per heavy atom. The van der Waals surface area contributed by atoms with Crippen LogP contribution in [0.15, 0.2) is 36.7 Å². The molecular formula is C16H19N3. The van der Waals surface area contributed by atoms with Crippen molar-refractivity contribution in [3.8, 4) is 0 Å². The Kier molecular flexibility index (Phi) is 3.84. The third kappa shape index (κ3) is 2.99. The quantitative estimate of drug-likeness (QED) is 0.908. The van der Waals surface area contributed by atoms with Gasteiger partial charge in [-0.05, 0) is 24.8 Å². The first-order valence-electron chi connectivity index (χ1n) is 7.00. The zero-order valence-electron chi connectivity index (χ0n) is 11.1. The standard InChI is InChI=1S/C16H19N3/c1-2-5-13(6-3-1)7-4-8-15-14-11-17-10-9-16(14)19-12-18-15/h1-3,5-6,12,17H,4,7-11H2. The van der Waals surface area contributed by atoms with Gasteiger partial charge in [-0.2, -0.15) is 0 Å². The van der Waals surface area contributed by atoms with Crippen molar-refractivity contribution < 1.29 is 0 Å². The Morgan fingerprint density at radius 1 is 1.05 bits per heavy atom. The van der Waals surface area contributed by atoms with E-state index in [0.717, 1.165) is 38.8 Å². The summed E-state index contributed by atoms with van der Waals surface area (Å²) in [5, 5.41) is 3.41. The first-order valence-corrected chi connectivity index (χ1v) is 7.00. The van der Waals surface area contributed by atoms with Gasteiger partial charge in [-0.25, -0.2) is 9.97 Å². The predicted molar refractivity (Wildman–Crippen MR) is 75.9 cm³/mol. The fourth-order valence-corrected chi connectivity index (χ4v) is 2.65. The molecule has 0 saturated heterocycles. The molecule has 0 saturated carbocycles. The largest absolute Gasteiger partial charge is 0.312 e. The third-order valence-corrected chi connectivity index (χ3v) is 3.69. The molecule has 0 fully saturated rings. The normalized spacial score (nSPS) is 14.1. The van der Waals surface area contributed by atoms with Gasteiger partial charge < -0.3 is 5.32 Å².